The number of benzene rings is 2. The van der Waals surface area contributed by atoms with E-state index < -0.39 is 0 Å². The highest BCUT2D eigenvalue weighted by atomic mass is 79.9. The first-order chi connectivity index (χ1) is 9.51. The number of hydrogen-bond donors (Lipinski definition) is 2. The molecule has 0 heterocycles. The lowest BCUT2D eigenvalue weighted by atomic mass is 10.1. The van der Waals surface area contributed by atoms with E-state index in [2.05, 4.69) is 21.1 Å². The number of nitrogens with zero attached hydrogens (tertiary/aromatic N) is 1. The molecule has 104 valence electrons. The topological polar surface area (TPSA) is 67.8 Å². The minimum absolute atomic E-state index is 0.0538. The highest BCUT2D eigenvalue weighted by molar-refractivity contribution is 9.10. The summed E-state index contributed by atoms with van der Waals surface area (Å²) >= 11 is 3.22. The molecule has 0 aliphatic rings. The summed E-state index contributed by atoms with van der Waals surface area (Å²) < 4.78 is 19.2. The van der Waals surface area contributed by atoms with Gasteiger partial charge in [-0.2, -0.15) is 0 Å². The van der Waals surface area contributed by atoms with Gasteiger partial charge in [0.2, 0.25) is 0 Å². The van der Waals surface area contributed by atoms with Gasteiger partial charge in [0.15, 0.2) is 5.84 Å². The second-order valence-corrected chi connectivity index (χ2v) is 5.02. The van der Waals surface area contributed by atoms with Crippen molar-refractivity contribution in [3.05, 3.63) is 57.8 Å². The average Bonchev–Trinajstić information content (AvgIpc) is 2.42. The lowest BCUT2D eigenvalue weighted by Gasteiger charge is -2.12. The molecule has 0 aliphatic carbocycles. The van der Waals surface area contributed by atoms with E-state index in [1.807, 2.05) is 13.0 Å². The number of aryl methyl sites for hydroxylation is 1. The second-order valence-electron chi connectivity index (χ2n) is 4.16. The highest BCUT2D eigenvalue weighted by Gasteiger charge is 2.11. The van der Waals surface area contributed by atoms with Crippen LogP contribution >= 0.6 is 15.9 Å². The van der Waals surface area contributed by atoms with Crippen LogP contribution in [-0.2, 0) is 0 Å². The van der Waals surface area contributed by atoms with Crippen molar-refractivity contribution in [1.82, 2.24) is 0 Å². The maximum atomic E-state index is 13.0. The van der Waals surface area contributed by atoms with Gasteiger partial charge in [-0.3, -0.25) is 0 Å². The second kappa shape index (κ2) is 5.92. The summed E-state index contributed by atoms with van der Waals surface area (Å²) in [5.74, 6) is 0.423. The molecule has 0 bridgehead atoms. The number of halogens is 2. The molecule has 20 heavy (non-hydrogen) atoms. The molecule has 0 spiro atoms. The first-order valence-corrected chi connectivity index (χ1v) is 6.52. The summed E-state index contributed by atoms with van der Waals surface area (Å²) in [7, 11) is 0. The Hall–Kier alpha value is -2.08. The number of amidine groups is 1. The molecule has 2 aromatic carbocycles. The molecule has 0 saturated carbocycles. The van der Waals surface area contributed by atoms with Crippen LogP contribution in [0.25, 0.3) is 0 Å². The van der Waals surface area contributed by atoms with Gasteiger partial charge in [0.1, 0.15) is 17.3 Å². The predicted octanol–water partition coefficient (Wildman–Crippen LogP) is 3.78. The molecule has 0 atom stereocenters. The summed E-state index contributed by atoms with van der Waals surface area (Å²) in [6.07, 6.45) is 0. The van der Waals surface area contributed by atoms with Gasteiger partial charge in [-0.05, 0) is 53.2 Å². The molecule has 0 fully saturated rings. The number of rotatable bonds is 3. The fourth-order valence-electron chi connectivity index (χ4n) is 1.66. The normalized spacial score (nSPS) is 11.4. The van der Waals surface area contributed by atoms with E-state index >= 15 is 0 Å². The van der Waals surface area contributed by atoms with E-state index in [1.165, 1.54) is 18.2 Å². The molecule has 0 amide bonds. The van der Waals surface area contributed by atoms with Crippen molar-refractivity contribution in [3.63, 3.8) is 0 Å². The van der Waals surface area contributed by atoms with E-state index in [0.29, 0.717) is 21.5 Å². The van der Waals surface area contributed by atoms with Crippen LogP contribution in [0.2, 0.25) is 0 Å². The van der Waals surface area contributed by atoms with Crippen molar-refractivity contribution in [3.8, 4) is 11.5 Å². The van der Waals surface area contributed by atoms with Crippen LogP contribution in [0.5, 0.6) is 11.5 Å². The lowest BCUT2D eigenvalue weighted by molar-refractivity contribution is 0.318. The molecule has 0 aromatic heterocycles. The Kier molecular flexibility index (Phi) is 4.24. The van der Waals surface area contributed by atoms with E-state index in [0.717, 1.165) is 5.56 Å². The zero-order chi connectivity index (χ0) is 14.7. The lowest BCUT2D eigenvalue weighted by Crippen LogP contribution is -2.14. The van der Waals surface area contributed by atoms with Crippen LogP contribution in [0.3, 0.4) is 0 Å². The molecule has 6 heteroatoms. The summed E-state index contributed by atoms with van der Waals surface area (Å²) in [5, 5.41) is 11.8. The molecule has 0 radical (unpaired) electrons. The van der Waals surface area contributed by atoms with Crippen LogP contribution < -0.4 is 10.5 Å². The zero-order valence-corrected chi connectivity index (χ0v) is 12.2. The van der Waals surface area contributed by atoms with Crippen LogP contribution in [0.4, 0.5) is 4.39 Å². The number of nitrogens with two attached hydrogens (primary N) is 1. The highest BCUT2D eigenvalue weighted by Crippen LogP contribution is 2.32. The smallest absolute Gasteiger partial charge is 0.173 e. The molecular formula is C14H12BrFN2O2. The third-order valence-electron chi connectivity index (χ3n) is 2.63. The molecular weight excluding hydrogens is 327 g/mol. The molecule has 4 nitrogen and oxygen atoms in total. The maximum absolute atomic E-state index is 13.0. The van der Waals surface area contributed by atoms with Gasteiger partial charge in [-0.1, -0.05) is 16.8 Å². The summed E-state index contributed by atoms with van der Waals surface area (Å²) in [4.78, 5) is 0. The maximum Gasteiger partial charge on any atom is 0.173 e. The van der Waals surface area contributed by atoms with Crippen LogP contribution in [-0.4, -0.2) is 11.0 Å². The number of ether oxygens (including phenoxy) is 1. The minimum Gasteiger partial charge on any atom is -0.455 e. The van der Waals surface area contributed by atoms with Crippen molar-refractivity contribution in [2.24, 2.45) is 10.9 Å². The Bertz CT molecular complexity index is 674. The van der Waals surface area contributed by atoms with Gasteiger partial charge >= 0.3 is 0 Å². The Morgan fingerprint density at radius 1 is 1.25 bits per heavy atom. The van der Waals surface area contributed by atoms with Crippen molar-refractivity contribution >= 4 is 21.8 Å². The first kappa shape index (κ1) is 14.3. The third-order valence-corrected chi connectivity index (χ3v) is 3.25. The van der Waals surface area contributed by atoms with Crippen molar-refractivity contribution in [2.45, 2.75) is 6.92 Å². The van der Waals surface area contributed by atoms with E-state index in [4.69, 9.17) is 15.7 Å². The summed E-state index contributed by atoms with van der Waals surface area (Å²) in [5.41, 5.74) is 7.03. The average molecular weight is 339 g/mol. The Balaban J connectivity index is 2.43. The molecule has 0 aliphatic heterocycles. The third kappa shape index (κ3) is 3.08. The minimum atomic E-state index is -0.371. The number of oxime groups is 1. The van der Waals surface area contributed by atoms with Gasteiger partial charge in [-0.25, -0.2) is 4.39 Å². The molecule has 3 N–H and O–H groups in total. The number of hydrogen-bond acceptors (Lipinski definition) is 3. The Morgan fingerprint density at radius 2 is 1.95 bits per heavy atom. The SMILES string of the molecule is Cc1ccc(Oc2ccc(F)cc2Br)c(/C(N)=N/O)c1. The van der Waals surface area contributed by atoms with Crippen molar-refractivity contribution < 1.29 is 14.3 Å². The first-order valence-electron chi connectivity index (χ1n) is 5.72. The van der Waals surface area contributed by atoms with Gasteiger partial charge in [0, 0.05) is 0 Å². The molecule has 2 rings (SSSR count). The van der Waals surface area contributed by atoms with Crippen LogP contribution in [0, 0.1) is 12.7 Å². The van der Waals surface area contributed by atoms with Crippen LogP contribution in [0.1, 0.15) is 11.1 Å². The Morgan fingerprint density at radius 3 is 2.60 bits per heavy atom. The predicted molar refractivity (Wildman–Crippen MR) is 77.9 cm³/mol. The van der Waals surface area contributed by atoms with Crippen LogP contribution in [0.15, 0.2) is 46.0 Å². The molecule has 0 saturated heterocycles. The van der Waals surface area contributed by atoms with Gasteiger partial charge in [-0.15, -0.1) is 0 Å². The van der Waals surface area contributed by atoms with Gasteiger partial charge in [0.05, 0.1) is 10.0 Å². The quantitative estimate of drug-likeness (QED) is 0.387. The molecule has 0 unspecified atom stereocenters. The van der Waals surface area contributed by atoms with E-state index in [9.17, 15) is 4.39 Å². The standard InChI is InChI=1S/C14H12BrFN2O2/c1-8-2-4-12(10(6-8)14(17)18-19)20-13-5-3-9(16)7-11(13)15/h2-7,19H,1H3,(H2,17,18). The van der Waals surface area contributed by atoms with Gasteiger partial charge in [0.25, 0.3) is 0 Å². The molecule has 2 aromatic rings. The monoisotopic (exact) mass is 338 g/mol. The van der Waals surface area contributed by atoms with E-state index in [-0.39, 0.29) is 11.7 Å². The van der Waals surface area contributed by atoms with Crippen molar-refractivity contribution in [1.29, 1.82) is 0 Å². The van der Waals surface area contributed by atoms with E-state index in [1.54, 1.807) is 12.1 Å². The Labute approximate surface area is 123 Å². The fraction of sp³-hybridized carbons (Fsp3) is 0.0714. The fourth-order valence-corrected chi connectivity index (χ4v) is 2.10. The van der Waals surface area contributed by atoms with Crippen molar-refractivity contribution in [2.75, 3.05) is 0 Å². The zero-order valence-electron chi connectivity index (χ0n) is 10.6. The largest absolute Gasteiger partial charge is 0.455 e. The summed E-state index contributed by atoms with van der Waals surface area (Å²) in [6, 6.07) is 9.36. The summed E-state index contributed by atoms with van der Waals surface area (Å²) in [6.45, 7) is 1.88. The van der Waals surface area contributed by atoms with Gasteiger partial charge < -0.3 is 15.7 Å².